The molecule has 1 aliphatic heterocycles. The monoisotopic (exact) mass is 334 g/mol. The van der Waals surface area contributed by atoms with E-state index in [2.05, 4.69) is 5.32 Å². The highest BCUT2D eigenvalue weighted by atomic mass is 16.2. The molecule has 0 radical (unpaired) electrons. The Morgan fingerprint density at radius 1 is 1.08 bits per heavy atom. The lowest BCUT2D eigenvalue weighted by molar-refractivity contribution is -0.127. The zero-order valence-corrected chi connectivity index (χ0v) is 13.9. The molecule has 1 fully saturated rings. The van der Waals surface area contributed by atoms with Gasteiger partial charge in [0.1, 0.15) is 6.04 Å². The zero-order chi connectivity index (χ0) is 17.6. The summed E-state index contributed by atoms with van der Waals surface area (Å²) in [7, 11) is 0. The summed E-state index contributed by atoms with van der Waals surface area (Å²) in [5.74, 6) is -0.372. The number of benzene rings is 2. The van der Waals surface area contributed by atoms with E-state index in [9.17, 15) is 14.4 Å². The van der Waals surface area contributed by atoms with Crippen molar-refractivity contribution in [1.82, 2.24) is 10.2 Å². The lowest BCUT2D eigenvalue weighted by Crippen LogP contribution is -2.56. The molecule has 126 valence electrons. The van der Waals surface area contributed by atoms with Gasteiger partial charge in [0.25, 0.3) is 5.91 Å². The molecule has 25 heavy (non-hydrogen) atoms. The number of carbonyl (C=O) groups excluding carboxylic acids is 3. The van der Waals surface area contributed by atoms with Gasteiger partial charge in [-0.3, -0.25) is 14.4 Å². The van der Waals surface area contributed by atoms with Crippen molar-refractivity contribution >= 4 is 17.6 Å². The van der Waals surface area contributed by atoms with Gasteiger partial charge in [-0.1, -0.05) is 37.3 Å². The van der Waals surface area contributed by atoms with Gasteiger partial charge in [0.05, 0.1) is 0 Å². The second-order valence-electron chi connectivity index (χ2n) is 6.35. The maximum atomic E-state index is 12.9. The Hall–Kier alpha value is -2.95. The molecule has 2 aliphatic rings. The maximum Gasteiger partial charge on any atom is 0.254 e. The number of piperazine rings is 1. The summed E-state index contributed by atoms with van der Waals surface area (Å²) < 4.78 is 0. The molecule has 1 N–H and O–H groups in total. The normalized spacial score (nSPS) is 18.6. The van der Waals surface area contributed by atoms with Crippen LogP contribution in [0.3, 0.4) is 0 Å². The second kappa shape index (κ2) is 5.84. The molecule has 2 aromatic rings. The van der Waals surface area contributed by atoms with Gasteiger partial charge in [-0.05, 0) is 29.7 Å². The fourth-order valence-electron chi connectivity index (χ4n) is 3.69. The molecule has 1 saturated heterocycles. The summed E-state index contributed by atoms with van der Waals surface area (Å²) in [5.41, 5.74) is 3.45. The van der Waals surface area contributed by atoms with Gasteiger partial charge < -0.3 is 10.2 Å². The minimum absolute atomic E-state index is 0.0521. The summed E-state index contributed by atoms with van der Waals surface area (Å²) in [6.45, 7) is 2.82. The first-order valence-corrected chi connectivity index (χ1v) is 8.48. The van der Waals surface area contributed by atoms with Gasteiger partial charge in [-0.25, -0.2) is 0 Å². The molecule has 5 heteroatoms. The molecule has 2 aromatic carbocycles. The molecule has 0 bridgehead atoms. The van der Waals surface area contributed by atoms with Crippen LogP contribution in [0.4, 0.5) is 0 Å². The van der Waals surface area contributed by atoms with Gasteiger partial charge in [-0.15, -0.1) is 0 Å². The van der Waals surface area contributed by atoms with E-state index >= 15 is 0 Å². The number of nitrogens with one attached hydrogen (secondary N) is 1. The molecule has 4 rings (SSSR count). The number of amides is 2. The maximum absolute atomic E-state index is 12.9. The zero-order valence-electron chi connectivity index (χ0n) is 13.9. The van der Waals surface area contributed by atoms with Crippen molar-refractivity contribution < 1.29 is 14.4 Å². The van der Waals surface area contributed by atoms with E-state index in [4.69, 9.17) is 0 Å². The van der Waals surface area contributed by atoms with Crippen LogP contribution in [-0.4, -0.2) is 41.6 Å². The average molecular weight is 334 g/mol. The van der Waals surface area contributed by atoms with E-state index in [0.717, 1.165) is 11.1 Å². The van der Waals surface area contributed by atoms with Crippen LogP contribution in [0, 0.1) is 0 Å². The molecule has 2 amide bonds. The number of ketones is 1. The molecule has 0 unspecified atom stereocenters. The Labute approximate surface area is 145 Å². The number of rotatable bonds is 2. The Bertz CT molecular complexity index is 904. The van der Waals surface area contributed by atoms with Crippen molar-refractivity contribution in [3.05, 3.63) is 59.2 Å². The van der Waals surface area contributed by atoms with Crippen molar-refractivity contribution in [2.45, 2.75) is 19.4 Å². The summed E-state index contributed by atoms with van der Waals surface area (Å²) in [6, 6.07) is 12.3. The molecule has 1 aliphatic carbocycles. The minimum Gasteiger partial charge on any atom is -0.353 e. The van der Waals surface area contributed by atoms with E-state index in [1.807, 2.05) is 31.2 Å². The topological polar surface area (TPSA) is 66.5 Å². The van der Waals surface area contributed by atoms with Crippen molar-refractivity contribution in [2.75, 3.05) is 13.1 Å². The minimum atomic E-state index is -0.456. The molecule has 5 nitrogen and oxygen atoms in total. The summed E-state index contributed by atoms with van der Waals surface area (Å²) in [6.07, 6.45) is 0.562. The van der Waals surface area contributed by atoms with Gasteiger partial charge in [0.15, 0.2) is 5.78 Å². The average Bonchev–Trinajstić information content (AvgIpc) is 2.93. The molecular weight excluding hydrogens is 316 g/mol. The van der Waals surface area contributed by atoms with Crippen LogP contribution < -0.4 is 5.32 Å². The Morgan fingerprint density at radius 2 is 1.80 bits per heavy atom. The number of hydrogen-bond donors (Lipinski definition) is 1. The fraction of sp³-hybridized carbons (Fsp3) is 0.250. The van der Waals surface area contributed by atoms with Crippen LogP contribution in [0.25, 0.3) is 11.1 Å². The summed E-state index contributed by atoms with van der Waals surface area (Å²) in [4.78, 5) is 39.2. The first-order valence-electron chi connectivity index (χ1n) is 8.48. The van der Waals surface area contributed by atoms with E-state index in [1.54, 1.807) is 23.1 Å². The van der Waals surface area contributed by atoms with Crippen LogP contribution in [0.1, 0.15) is 39.6 Å². The quantitative estimate of drug-likeness (QED) is 0.782. The highest BCUT2D eigenvalue weighted by Gasteiger charge is 2.33. The highest BCUT2D eigenvalue weighted by molar-refractivity contribution is 6.22. The lowest BCUT2D eigenvalue weighted by Gasteiger charge is -2.34. The number of fused-ring (bicyclic) bond motifs is 3. The van der Waals surface area contributed by atoms with E-state index in [1.165, 1.54) is 0 Å². The molecule has 0 spiro atoms. The largest absolute Gasteiger partial charge is 0.353 e. The van der Waals surface area contributed by atoms with Gasteiger partial charge in [0, 0.05) is 29.8 Å². The van der Waals surface area contributed by atoms with Gasteiger partial charge in [-0.2, -0.15) is 0 Å². The number of hydrogen-bond acceptors (Lipinski definition) is 3. The van der Waals surface area contributed by atoms with Gasteiger partial charge >= 0.3 is 0 Å². The molecule has 0 aromatic heterocycles. The molecule has 1 atom stereocenters. The van der Waals surface area contributed by atoms with Crippen molar-refractivity contribution in [3.63, 3.8) is 0 Å². The third-order valence-corrected chi connectivity index (χ3v) is 4.95. The van der Waals surface area contributed by atoms with Crippen molar-refractivity contribution in [1.29, 1.82) is 0 Å². The summed E-state index contributed by atoms with van der Waals surface area (Å²) >= 11 is 0. The standard InChI is InChI=1S/C20H18N2O3/c1-2-17-19(24)21-9-10-22(17)20(25)12-7-8-14-13-5-3-4-6-15(13)18(23)16(14)11-12/h3-8,11,17H,2,9-10H2,1H3,(H,21,24)/t17-/m1/s1. The first kappa shape index (κ1) is 15.6. The van der Waals surface area contributed by atoms with Crippen LogP contribution in [-0.2, 0) is 4.79 Å². The predicted octanol–water partition coefficient (Wildman–Crippen LogP) is 2.25. The van der Waals surface area contributed by atoms with Crippen LogP contribution in [0.5, 0.6) is 0 Å². The van der Waals surface area contributed by atoms with Crippen LogP contribution in [0.2, 0.25) is 0 Å². The molecule has 1 heterocycles. The van der Waals surface area contributed by atoms with Gasteiger partial charge in [0.2, 0.25) is 5.91 Å². The number of carbonyl (C=O) groups is 3. The van der Waals surface area contributed by atoms with E-state index in [0.29, 0.717) is 36.2 Å². The number of nitrogens with zero attached hydrogens (tertiary/aromatic N) is 1. The predicted molar refractivity (Wildman–Crippen MR) is 93.4 cm³/mol. The SMILES string of the molecule is CC[C@@H]1C(=O)NCCN1C(=O)c1ccc2c(c1)C(=O)c1ccccc1-2. The van der Waals surface area contributed by atoms with E-state index < -0.39 is 6.04 Å². The Kier molecular flexibility index (Phi) is 3.64. The lowest BCUT2D eigenvalue weighted by atomic mass is 10.0. The Morgan fingerprint density at radius 3 is 2.56 bits per heavy atom. The smallest absolute Gasteiger partial charge is 0.254 e. The van der Waals surface area contributed by atoms with Crippen LogP contribution >= 0.6 is 0 Å². The summed E-state index contributed by atoms with van der Waals surface area (Å²) in [5, 5.41) is 2.79. The third-order valence-electron chi connectivity index (χ3n) is 4.95. The van der Waals surface area contributed by atoms with Crippen LogP contribution in [0.15, 0.2) is 42.5 Å². The third kappa shape index (κ3) is 2.35. The van der Waals surface area contributed by atoms with Crippen molar-refractivity contribution in [2.24, 2.45) is 0 Å². The highest BCUT2D eigenvalue weighted by Crippen LogP contribution is 2.36. The van der Waals surface area contributed by atoms with E-state index in [-0.39, 0.29) is 17.6 Å². The Balaban J connectivity index is 1.70. The first-order chi connectivity index (χ1) is 12.1. The molecular formula is C20H18N2O3. The van der Waals surface area contributed by atoms with Crippen molar-refractivity contribution in [3.8, 4) is 11.1 Å². The fourth-order valence-corrected chi connectivity index (χ4v) is 3.69. The second-order valence-corrected chi connectivity index (χ2v) is 6.35. The molecule has 0 saturated carbocycles.